The van der Waals surface area contributed by atoms with Crippen LogP contribution >= 0.6 is 0 Å². The maximum Gasteiger partial charge on any atom is 0.224 e. The molecule has 28 heavy (non-hydrogen) atoms. The Kier molecular flexibility index (Phi) is 10.7. The highest BCUT2D eigenvalue weighted by Crippen LogP contribution is 2.29. The molecule has 0 saturated heterocycles. The van der Waals surface area contributed by atoms with Gasteiger partial charge in [0.25, 0.3) is 0 Å². The van der Waals surface area contributed by atoms with Crippen LogP contribution in [0.5, 0.6) is 0 Å². The quantitative estimate of drug-likeness (QED) is 0.281. The first-order valence-electron chi connectivity index (χ1n) is 10.9. The van der Waals surface area contributed by atoms with Crippen LogP contribution in [-0.4, -0.2) is 30.9 Å². The summed E-state index contributed by atoms with van der Waals surface area (Å²) in [7, 11) is 1.48. The van der Waals surface area contributed by atoms with Crippen LogP contribution in [0.25, 0.3) is 0 Å². The van der Waals surface area contributed by atoms with Gasteiger partial charge in [-0.15, -0.1) is 0 Å². The Morgan fingerprint density at radius 3 is 1.82 bits per heavy atom. The van der Waals surface area contributed by atoms with E-state index in [0.29, 0.717) is 29.6 Å². The number of hydrogen-bond donors (Lipinski definition) is 0. The monoisotopic (exact) mass is 392 g/mol. The standard InChI is InChI=1S/C24H40O4/c1-7-19-21(25)18(2)20(22(26)23(19)27-6)16-14-12-10-8-9-11-13-15-17-28-24(3,4)5/h7-17H2,1-6H3. The molecule has 4 nitrogen and oxygen atoms in total. The second-order valence-corrected chi connectivity index (χ2v) is 8.67. The van der Waals surface area contributed by atoms with Gasteiger partial charge in [0.1, 0.15) is 0 Å². The molecule has 0 aliphatic heterocycles. The molecule has 160 valence electrons. The van der Waals surface area contributed by atoms with Crippen LogP contribution in [0, 0.1) is 0 Å². The number of ketones is 2. The predicted molar refractivity (Wildman–Crippen MR) is 114 cm³/mol. The maximum absolute atomic E-state index is 12.6. The fourth-order valence-electron chi connectivity index (χ4n) is 3.59. The highest BCUT2D eigenvalue weighted by atomic mass is 16.5. The predicted octanol–water partition coefficient (Wildman–Crippen LogP) is 6.09. The Bertz CT molecular complexity index is 590. The van der Waals surface area contributed by atoms with E-state index in [1.807, 2.05) is 6.92 Å². The number of Topliss-reactive ketones (excluding diaryl/α,β-unsaturated/α-hetero) is 2. The molecule has 0 bridgehead atoms. The van der Waals surface area contributed by atoms with Crippen LogP contribution in [0.2, 0.25) is 0 Å². The molecule has 0 amide bonds. The Hall–Kier alpha value is -1.42. The number of unbranched alkanes of at least 4 members (excludes halogenated alkanes) is 7. The van der Waals surface area contributed by atoms with Crippen LogP contribution in [0.3, 0.4) is 0 Å². The molecule has 0 spiro atoms. The van der Waals surface area contributed by atoms with Gasteiger partial charge in [-0.3, -0.25) is 9.59 Å². The normalized spacial score (nSPS) is 15.6. The lowest BCUT2D eigenvalue weighted by Gasteiger charge is -2.20. The van der Waals surface area contributed by atoms with E-state index in [1.165, 1.54) is 39.2 Å². The number of methoxy groups -OCH3 is 1. The van der Waals surface area contributed by atoms with E-state index in [9.17, 15) is 9.59 Å². The van der Waals surface area contributed by atoms with Crippen molar-refractivity contribution in [2.45, 2.75) is 104 Å². The van der Waals surface area contributed by atoms with Crippen molar-refractivity contribution < 1.29 is 19.1 Å². The lowest BCUT2D eigenvalue weighted by atomic mass is 9.85. The van der Waals surface area contributed by atoms with E-state index in [0.717, 1.165) is 25.9 Å². The zero-order valence-electron chi connectivity index (χ0n) is 18.9. The van der Waals surface area contributed by atoms with Crippen molar-refractivity contribution in [2.75, 3.05) is 13.7 Å². The second kappa shape index (κ2) is 12.2. The second-order valence-electron chi connectivity index (χ2n) is 8.67. The van der Waals surface area contributed by atoms with Crippen LogP contribution < -0.4 is 0 Å². The molecule has 4 heteroatoms. The summed E-state index contributed by atoms with van der Waals surface area (Å²) in [4.78, 5) is 25.1. The zero-order valence-corrected chi connectivity index (χ0v) is 18.9. The van der Waals surface area contributed by atoms with Crippen molar-refractivity contribution in [2.24, 2.45) is 0 Å². The van der Waals surface area contributed by atoms with Gasteiger partial charge in [0.15, 0.2) is 11.5 Å². The van der Waals surface area contributed by atoms with Gasteiger partial charge in [0, 0.05) is 23.3 Å². The summed E-state index contributed by atoms with van der Waals surface area (Å²) < 4.78 is 11.0. The third kappa shape index (κ3) is 7.90. The number of rotatable bonds is 13. The Balaban J connectivity index is 2.22. The van der Waals surface area contributed by atoms with Gasteiger partial charge in [-0.1, -0.05) is 45.4 Å². The minimum Gasteiger partial charge on any atom is -0.492 e. The molecule has 0 N–H and O–H groups in total. The Labute approximate surface area is 171 Å². The van der Waals surface area contributed by atoms with E-state index in [1.54, 1.807) is 6.92 Å². The molecule has 0 aromatic heterocycles. The van der Waals surface area contributed by atoms with Gasteiger partial charge in [-0.05, 0) is 53.4 Å². The van der Waals surface area contributed by atoms with Gasteiger partial charge in [-0.25, -0.2) is 0 Å². The average molecular weight is 393 g/mol. The summed E-state index contributed by atoms with van der Waals surface area (Å²) >= 11 is 0. The number of hydrogen-bond acceptors (Lipinski definition) is 4. The fraction of sp³-hybridized carbons (Fsp3) is 0.750. The largest absolute Gasteiger partial charge is 0.492 e. The lowest BCUT2D eigenvalue weighted by Crippen LogP contribution is -2.24. The fourth-order valence-corrected chi connectivity index (χ4v) is 3.59. The number of carbonyl (C=O) groups is 2. The minimum absolute atomic E-state index is 0.0237. The number of carbonyl (C=O) groups excluding carboxylic acids is 2. The maximum atomic E-state index is 12.6. The van der Waals surface area contributed by atoms with Gasteiger partial charge < -0.3 is 9.47 Å². The summed E-state index contributed by atoms with van der Waals surface area (Å²) in [5.41, 5.74) is 1.75. The topological polar surface area (TPSA) is 52.6 Å². The molecule has 1 aliphatic carbocycles. The molecule has 1 aliphatic rings. The molecule has 0 unspecified atom stereocenters. The molecule has 0 saturated carbocycles. The average Bonchev–Trinajstić information content (AvgIpc) is 2.63. The number of allylic oxidation sites excluding steroid dienone is 3. The van der Waals surface area contributed by atoms with Crippen molar-refractivity contribution in [1.29, 1.82) is 0 Å². The molecule has 0 heterocycles. The van der Waals surface area contributed by atoms with Gasteiger partial charge >= 0.3 is 0 Å². The first kappa shape index (κ1) is 24.6. The third-order valence-corrected chi connectivity index (χ3v) is 5.24. The van der Waals surface area contributed by atoms with Gasteiger partial charge in [-0.2, -0.15) is 0 Å². The first-order chi connectivity index (χ1) is 13.2. The summed E-state index contributed by atoms with van der Waals surface area (Å²) in [6.07, 6.45) is 10.5. The summed E-state index contributed by atoms with van der Waals surface area (Å²) in [6, 6.07) is 0. The van der Waals surface area contributed by atoms with Crippen LogP contribution in [-0.2, 0) is 19.1 Å². The van der Waals surface area contributed by atoms with E-state index in [4.69, 9.17) is 9.47 Å². The van der Waals surface area contributed by atoms with Crippen LogP contribution in [0.1, 0.15) is 98.8 Å². The number of ether oxygens (including phenoxy) is 2. The Morgan fingerprint density at radius 2 is 1.32 bits per heavy atom. The first-order valence-corrected chi connectivity index (χ1v) is 10.9. The van der Waals surface area contributed by atoms with Crippen molar-refractivity contribution in [1.82, 2.24) is 0 Å². The van der Waals surface area contributed by atoms with Gasteiger partial charge in [0.2, 0.25) is 5.78 Å². The summed E-state index contributed by atoms with van der Waals surface area (Å²) in [5, 5.41) is 0. The smallest absolute Gasteiger partial charge is 0.224 e. The van der Waals surface area contributed by atoms with E-state index >= 15 is 0 Å². The van der Waals surface area contributed by atoms with Crippen LogP contribution in [0.4, 0.5) is 0 Å². The minimum atomic E-state index is -0.0890. The lowest BCUT2D eigenvalue weighted by molar-refractivity contribution is -0.119. The molecule has 1 rings (SSSR count). The molecule has 0 aromatic rings. The SMILES string of the molecule is CCC1=C(OC)C(=O)C(CCCCCCCCCCOC(C)(C)C)=C(C)C1=O. The highest BCUT2D eigenvalue weighted by molar-refractivity contribution is 6.24. The van der Waals surface area contributed by atoms with Crippen molar-refractivity contribution in [3.05, 3.63) is 22.5 Å². The van der Waals surface area contributed by atoms with E-state index in [-0.39, 0.29) is 22.9 Å². The van der Waals surface area contributed by atoms with Crippen molar-refractivity contribution >= 4 is 11.6 Å². The molecule has 0 atom stereocenters. The molecule has 0 fully saturated rings. The highest BCUT2D eigenvalue weighted by Gasteiger charge is 2.31. The molecule has 0 radical (unpaired) electrons. The van der Waals surface area contributed by atoms with Crippen LogP contribution in [0.15, 0.2) is 22.5 Å². The van der Waals surface area contributed by atoms with E-state index < -0.39 is 0 Å². The molecule has 0 aromatic carbocycles. The van der Waals surface area contributed by atoms with Crippen molar-refractivity contribution in [3.8, 4) is 0 Å². The van der Waals surface area contributed by atoms with Crippen molar-refractivity contribution in [3.63, 3.8) is 0 Å². The third-order valence-electron chi connectivity index (χ3n) is 5.24. The van der Waals surface area contributed by atoms with Gasteiger partial charge in [0.05, 0.1) is 12.7 Å². The zero-order chi connectivity index (χ0) is 21.2. The Morgan fingerprint density at radius 1 is 0.786 bits per heavy atom. The molecular weight excluding hydrogens is 352 g/mol. The molecular formula is C24H40O4. The summed E-state index contributed by atoms with van der Waals surface area (Å²) in [6.45, 7) is 10.8. The van der Waals surface area contributed by atoms with E-state index in [2.05, 4.69) is 20.8 Å². The summed E-state index contributed by atoms with van der Waals surface area (Å²) in [5.74, 6) is 0.141.